The van der Waals surface area contributed by atoms with Crippen molar-refractivity contribution in [2.45, 2.75) is 5.41 Å². The van der Waals surface area contributed by atoms with E-state index in [2.05, 4.69) is 289 Å². The van der Waals surface area contributed by atoms with Gasteiger partial charge in [-0.15, -0.1) is 0 Å². The quantitative estimate of drug-likeness (QED) is 0.126. The first-order valence-electron chi connectivity index (χ1n) is 23.8. The van der Waals surface area contributed by atoms with E-state index in [4.69, 9.17) is 0 Å². The molecule has 0 N–H and O–H groups in total. The first-order valence-corrected chi connectivity index (χ1v) is 23.8. The van der Waals surface area contributed by atoms with Gasteiger partial charge in [-0.3, -0.25) is 0 Å². The van der Waals surface area contributed by atoms with Crippen LogP contribution in [-0.4, -0.2) is 0 Å². The van der Waals surface area contributed by atoms with Gasteiger partial charge in [0.05, 0.1) is 5.41 Å². The lowest BCUT2D eigenvalue weighted by Gasteiger charge is -2.35. The maximum atomic E-state index is 2.47. The fourth-order valence-electron chi connectivity index (χ4n) is 11.1. The van der Waals surface area contributed by atoms with Crippen molar-refractivity contribution < 1.29 is 0 Å². The Labute approximate surface area is 403 Å². The van der Waals surface area contributed by atoms with Crippen molar-refractivity contribution in [1.29, 1.82) is 0 Å². The summed E-state index contributed by atoms with van der Waals surface area (Å²) in [5, 5.41) is 7.61. The highest BCUT2D eigenvalue weighted by Gasteiger charge is 2.45. The van der Waals surface area contributed by atoms with Crippen LogP contribution in [0.15, 0.2) is 279 Å². The van der Waals surface area contributed by atoms with Crippen LogP contribution in [0.5, 0.6) is 0 Å². The van der Waals surface area contributed by atoms with Crippen LogP contribution in [0.4, 0.5) is 34.1 Å². The van der Waals surface area contributed by atoms with E-state index >= 15 is 0 Å². The molecule has 69 heavy (non-hydrogen) atoms. The zero-order chi connectivity index (χ0) is 45.7. The highest BCUT2D eigenvalue weighted by Crippen LogP contribution is 2.57. The van der Waals surface area contributed by atoms with Gasteiger partial charge < -0.3 is 9.80 Å². The van der Waals surface area contributed by atoms with Crippen molar-refractivity contribution in [3.63, 3.8) is 0 Å². The van der Waals surface area contributed by atoms with Gasteiger partial charge in [0, 0.05) is 34.1 Å². The lowest BCUT2D eigenvalue weighted by atomic mass is 9.67. The fourth-order valence-corrected chi connectivity index (χ4v) is 11.1. The second-order valence-electron chi connectivity index (χ2n) is 18.1. The van der Waals surface area contributed by atoms with Gasteiger partial charge in [-0.2, -0.15) is 0 Å². The molecule has 0 fully saturated rings. The maximum absolute atomic E-state index is 2.47. The first-order chi connectivity index (χ1) is 34.2. The lowest BCUT2D eigenvalue weighted by Crippen LogP contribution is -2.29. The Balaban J connectivity index is 0.897. The molecule has 0 radical (unpaired) electrons. The van der Waals surface area contributed by atoms with E-state index in [1.54, 1.807) is 0 Å². The number of fused-ring (bicyclic) bond motifs is 1. The van der Waals surface area contributed by atoms with E-state index in [1.807, 2.05) is 0 Å². The molecule has 12 aromatic carbocycles. The summed E-state index contributed by atoms with van der Waals surface area (Å²) in [6, 6.07) is 102. The summed E-state index contributed by atoms with van der Waals surface area (Å²) in [5.41, 5.74) is 16.0. The molecular formula is C67H46N2. The molecule has 2 heteroatoms. The SMILES string of the molecule is c1ccc(-c2ccc(N(c3ccc(-c4ccc(N(c5ccccc5)c5cc6c7c(ccc8cccc(c87)C6(c6ccccc6)c6ccccc6)c5)cc4)cc3)c3ccc4ccccc4c3)cc2)cc1. The van der Waals surface area contributed by atoms with Crippen LogP contribution in [-0.2, 0) is 5.41 Å². The van der Waals surface area contributed by atoms with Crippen molar-refractivity contribution in [3.05, 3.63) is 301 Å². The third-order valence-electron chi connectivity index (χ3n) is 14.2. The number of anilines is 6. The Bertz CT molecular complexity index is 3750. The average Bonchev–Trinajstić information content (AvgIpc) is 3.74. The number of hydrogen-bond donors (Lipinski definition) is 0. The molecule has 13 rings (SSSR count). The average molecular weight is 879 g/mol. The summed E-state index contributed by atoms with van der Waals surface area (Å²) in [4.78, 5) is 4.77. The minimum absolute atomic E-state index is 0.506. The molecule has 1 aliphatic rings. The number of hydrogen-bond acceptors (Lipinski definition) is 2. The molecule has 12 aromatic rings. The van der Waals surface area contributed by atoms with Crippen LogP contribution in [0.2, 0.25) is 0 Å². The molecule has 0 heterocycles. The Morgan fingerprint density at radius 1 is 0.217 bits per heavy atom. The third-order valence-corrected chi connectivity index (χ3v) is 14.2. The second kappa shape index (κ2) is 16.7. The van der Waals surface area contributed by atoms with Gasteiger partial charge in [-0.1, -0.05) is 206 Å². The molecule has 0 saturated heterocycles. The molecule has 2 nitrogen and oxygen atoms in total. The summed E-state index contributed by atoms with van der Waals surface area (Å²) in [7, 11) is 0. The molecule has 0 aliphatic heterocycles. The Kier molecular flexibility index (Phi) is 9.77. The van der Waals surface area contributed by atoms with Crippen LogP contribution in [0, 0.1) is 0 Å². The third kappa shape index (κ3) is 6.80. The number of nitrogens with zero attached hydrogens (tertiary/aromatic N) is 2. The molecule has 0 amide bonds. The highest BCUT2D eigenvalue weighted by atomic mass is 15.1. The standard InChI is InChI=1S/C67H46N2/c1-5-16-47(17-6-1)49-30-37-58(38-31-49)68(61-43-36-48-18-13-14-19-53(48)44-61)59-39-32-50(33-40-59)51-34-41-60(42-35-51)69(57-25-11-4-12-26-57)62-45-54-29-28-52-20-15-27-63-65(52)66(54)64(46-62)67(63,55-21-7-2-8-22-55)56-23-9-3-10-24-56/h1-46H. The predicted molar refractivity (Wildman–Crippen MR) is 291 cm³/mol. The number of rotatable bonds is 10. The monoisotopic (exact) mass is 878 g/mol. The maximum Gasteiger partial charge on any atom is 0.0714 e. The minimum atomic E-state index is -0.506. The Morgan fingerprint density at radius 2 is 0.609 bits per heavy atom. The van der Waals surface area contributed by atoms with Crippen LogP contribution in [0.3, 0.4) is 0 Å². The van der Waals surface area contributed by atoms with Gasteiger partial charge in [-0.25, -0.2) is 0 Å². The van der Waals surface area contributed by atoms with Gasteiger partial charge in [0.25, 0.3) is 0 Å². The topological polar surface area (TPSA) is 6.48 Å². The molecular weight excluding hydrogens is 833 g/mol. The van der Waals surface area contributed by atoms with E-state index in [9.17, 15) is 0 Å². The number of para-hydroxylation sites is 1. The molecule has 0 spiro atoms. The fraction of sp³-hybridized carbons (Fsp3) is 0.0149. The molecule has 0 aromatic heterocycles. The van der Waals surface area contributed by atoms with Crippen LogP contribution in [0.25, 0.3) is 54.6 Å². The van der Waals surface area contributed by atoms with Crippen molar-refractivity contribution >= 4 is 66.4 Å². The molecule has 0 saturated carbocycles. The van der Waals surface area contributed by atoms with E-state index < -0.39 is 5.41 Å². The van der Waals surface area contributed by atoms with E-state index in [-0.39, 0.29) is 0 Å². The molecule has 0 unspecified atom stereocenters. The molecule has 1 aliphatic carbocycles. The predicted octanol–water partition coefficient (Wildman–Crippen LogP) is 18.1. The van der Waals surface area contributed by atoms with E-state index in [0.717, 1.165) is 45.3 Å². The first kappa shape index (κ1) is 40.3. The van der Waals surface area contributed by atoms with Crippen molar-refractivity contribution in [1.82, 2.24) is 0 Å². The van der Waals surface area contributed by atoms with Crippen molar-refractivity contribution in [3.8, 4) is 22.3 Å². The summed E-state index contributed by atoms with van der Waals surface area (Å²) in [6.07, 6.45) is 0. The molecule has 324 valence electrons. The minimum Gasteiger partial charge on any atom is -0.310 e. The van der Waals surface area contributed by atoms with Gasteiger partial charge in [-0.05, 0) is 150 Å². The van der Waals surface area contributed by atoms with Crippen molar-refractivity contribution in [2.75, 3.05) is 9.80 Å². The van der Waals surface area contributed by atoms with E-state index in [0.29, 0.717) is 0 Å². The van der Waals surface area contributed by atoms with Gasteiger partial charge in [0.1, 0.15) is 0 Å². The smallest absolute Gasteiger partial charge is 0.0714 e. The van der Waals surface area contributed by atoms with Crippen LogP contribution < -0.4 is 9.80 Å². The number of benzene rings is 12. The molecule has 0 bridgehead atoms. The van der Waals surface area contributed by atoms with Gasteiger partial charge >= 0.3 is 0 Å². The highest BCUT2D eigenvalue weighted by molar-refractivity contribution is 6.17. The zero-order valence-electron chi connectivity index (χ0n) is 38.0. The van der Waals surface area contributed by atoms with Crippen LogP contribution >= 0.6 is 0 Å². The lowest BCUT2D eigenvalue weighted by molar-refractivity contribution is 0.771. The van der Waals surface area contributed by atoms with E-state index in [1.165, 1.54) is 65.7 Å². The summed E-state index contributed by atoms with van der Waals surface area (Å²) >= 11 is 0. The van der Waals surface area contributed by atoms with Crippen LogP contribution in [0.1, 0.15) is 22.3 Å². The largest absolute Gasteiger partial charge is 0.310 e. The summed E-state index contributed by atoms with van der Waals surface area (Å²) in [6.45, 7) is 0. The Morgan fingerprint density at radius 3 is 1.19 bits per heavy atom. The second-order valence-corrected chi connectivity index (χ2v) is 18.1. The summed E-state index contributed by atoms with van der Waals surface area (Å²) in [5.74, 6) is 0. The van der Waals surface area contributed by atoms with Gasteiger partial charge in [0.15, 0.2) is 0 Å². The zero-order valence-corrected chi connectivity index (χ0v) is 38.0. The van der Waals surface area contributed by atoms with Gasteiger partial charge in [0.2, 0.25) is 0 Å². The summed E-state index contributed by atoms with van der Waals surface area (Å²) < 4.78 is 0. The Hall–Kier alpha value is -8.98. The van der Waals surface area contributed by atoms with Crippen molar-refractivity contribution in [2.24, 2.45) is 0 Å². The molecule has 0 atom stereocenters. The normalized spacial score (nSPS) is 12.5.